The Kier molecular flexibility index (Phi) is 5.06. The van der Waals surface area contributed by atoms with E-state index in [1.807, 2.05) is 0 Å². The number of rotatable bonds is 3. The molecule has 1 amide bonds. The Labute approximate surface area is 112 Å². The molecule has 104 valence electrons. The molecule has 0 saturated heterocycles. The molecular weight excluding hydrogens is 247 g/mol. The molecule has 5 heteroatoms. The van der Waals surface area contributed by atoms with Gasteiger partial charge in [0.15, 0.2) is 0 Å². The van der Waals surface area contributed by atoms with Crippen molar-refractivity contribution in [2.45, 2.75) is 26.4 Å². The summed E-state index contributed by atoms with van der Waals surface area (Å²) < 4.78 is 18.6. The highest BCUT2D eigenvalue weighted by Crippen LogP contribution is 2.18. The van der Waals surface area contributed by atoms with Gasteiger partial charge in [-0.3, -0.25) is 5.32 Å². The molecule has 0 saturated carbocycles. The SMILES string of the molecule is CC(C)(C)OC(=O)Nc1cc(/C=C/CN)ccc1F. The first kappa shape index (κ1) is 15.2. The number of nitrogens with one attached hydrogen (secondary N) is 1. The summed E-state index contributed by atoms with van der Waals surface area (Å²) in [6.45, 7) is 5.61. The number of ether oxygens (including phenoxy) is 1. The standard InChI is InChI=1S/C14H19FN2O2/c1-14(2,3)19-13(18)17-12-9-10(5-4-8-16)6-7-11(12)15/h4-7,9H,8,16H2,1-3H3,(H,17,18)/b5-4+. The Morgan fingerprint density at radius 3 is 2.74 bits per heavy atom. The predicted molar refractivity (Wildman–Crippen MR) is 74.3 cm³/mol. The molecule has 1 rings (SSSR count). The van der Waals surface area contributed by atoms with Gasteiger partial charge in [-0.25, -0.2) is 9.18 Å². The molecule has 0 spiro atoms. The average molecular weight is 266 g/mol. The summed E-state index contributed by atoms with van der Waals surface area (Å²) in [6.07, 6.45) is 2.80. The maximum absolute atomic E-state index is 13.6. The van der Waals surface area contributed by atoms with E-state index >= 15 is 0 Å². The zero-order valence-corrected chi connectivity index (χ0v) is 11.4. The van der Waals surface area contributed by atoms with Crippen molar-refractivity contribution in [1.82, 2.24) is 0 Å². The second kappa shape index (κ2) is 6.33. The third-order valence-corrected chi connectivity index (χ3v) is 2.07. The van der Waals surface area contributed by atoms with Gasteiger partial charge in [0, 0.05) is 6.54 Å². The summed E-state index contributed by atoms with van der Waals surface area (Å²) in [5.74, 6) is -0.518. The van der Waals surface area contributed by atoms with Crippen LogP contribution in [0.5, 0.6) is 0 Å². The van der Waals surface area contributed by atoms with Crippen molar-refractivity contribution in [2.75, 3.05) is 11.9 Å². The van der Waals surface area contributed by atoms with Gasteiger partial charge in [0.25, 0.3) is 0 Å². The van der Waals surface area contributed by atoms with Crippen LogP contribution in [0, 0.1) is 5.82 Å². The molecule has 0 radical (unpaired) electrons. The van der Waals surface area contributed by atoms with Crippen LogP contribution in [-0.4, -0.2) is 18.2 Å². The van der Waals surface area contributed by atoms with Crippen LogP contribution < -0.4 is 11.1 Å². The van der Waals surface area contributed by atoms with Gasteiger partial charge >= 0.3 is 6.09 Å². The molecule has 0 aliphatic carbocycles. The molecule has 19 heavy (non-hydrogen) atoms. The minimum absolute atomic E-state index is 0.0772. The van der Waals surface area contributed by atoms with Crippen LogP contribution in [-0.2, 0) is 4.74 Å². The monoisotopic (exact) mass is 266 g/mol. The number of hydrogen-bond acceptors (Lipinski definition) is 3. The first-order valence-electron chi connectivity index (χ1n) is 5.98. The minimum atomic E-state index is -0.689. The number of halogens is 1. The molecule has 0 heterocycles. The van der Waals surface area contributed by atoms with Gasteiger partial charge in [-0.05, 0) is 38.5 Å². The highest BCUT2D eigenvalue weighted by molar-refractivity contribution is 5.85. The second-order valence-electron chi connectivity index (χ2n) is 5.00. The quantitative estimate of drug-likeness (QED) is 0.883. The van der Waals surface area contributed by atoms with Crippen LogP contribution in [0.1, 0.15) is 26.3 Å². The molecule has 1 aromatic rings. The van der Waals surface area contributed by atoms with E-state index in [-0.39, 0.29) is 5.69 Å². The van der Waals surface area contributed by atoms with E-state index in [0.29, 0.717) is 6.54 Å². The smallest absolute Gasteiger partial charge is 0.412 e. The average Bonchev–Trinajstić information content (AvgIpc) is 2.27. The highest BCUT2D eigenvalue weighted by Gasteiger charge is 2.17. The molecule has 0 aliphatic heterocycles. The fourth-order valence-corrected chi connectivity index (χ4v) is 1.36. The Hall–Kier alpha value is -1.88. The fourth-order valence-electron chi connectivity index (χ4n) is 1.36. The largest absolute Gasteiger partial charge is 0.444 e. The lowest BCUT2D eigenvalue weighted by molar-refractivity contribution is 0.0635. The summed E-state index contributed by atoms with van der Waals surface area (Å²) in [7, 11) is 0. The zero-order valence-electron chi connectivity index (χ0n) is 11.4. The van der Waals surface area contributed by atoms with Crippen molar-refractivity contribution in [1.29, 1.82) is 0 Å². The Balaban J connectivity index is 2.82. The van der Waals surface area contributed by atoms with Gasteiger partial charge in [0.2, 0.25) is 0 Å². The first-order valence-corrected chi connectivity index (χ1v) is 5.98. The Bertz CT molecular complexity index is 479. The van der Waals surface area contributed by atoms with Gasteiger partial charge in [-0.15, -0.1) is 0 Å². The number of carbonyl (C=O) groups is 1. The maximum Gasteiger partial charge on any atom is 0.412 e. The third kappa shape index (κ3) is 5.52. The van der Waals surface area contributed by atoms with Crippen molar-refractivity contribution < 1.29 is 13.9 Å². The number of anilines is 1. The van der Waals surface area contributed by atoms with E-state index < -0.39 is 17.5 Å². The fraction of sp³-hybridized carbons (Fsp3) is 0.357. The van der Waals surface area contributed by atoms with E-state index in [1.165, 1.54) is 12.1 Å². The van der Waals surface area contributed by atoms with Gasteiger partial charge in [-0.2, -0.15) is 0 Å². The molecule has 3 N–H and O–H groups in total. The minimum Gasteiger partial charge on any atom is -0.444 e. The van der Waals surface area contributed by atoms with E-state index in [2.05, 4.69) is 5.32 Å². The van der Waals surface area contributed by atoms with Crippen LogP contribution in [0.25, 0.3) is 6.08 Å². The summed E-state index contributed by atoms with van der Waals surface area (Å²) in [4.78, 5) is 11.6. The molecule has 4 nitrogen and oxygen atoms in total. The summed E-state index contributed by atoms with van der Waals surface area (Å²) in [6, 6.07) is 4.40. The lowest BCUT2D eigenvalue weighted by Crippen LogP contribution is -2.27. The summed E-state index contributed by atoms with van der Waals surface area (Å²) >= 11 is 0. The predicted octanol–water partition coefficient (Wildman–Crippen LogP) is 3.14. The Morgan fingerprint density at radius 2 is 2.16 bits per heavy atom. The van der Waals surface area contributed by atoms with Crippen LogP contribution in [0.2, 0.25) is 0 Å². The van der Waals surface area contributed by atoms with Gasteiger partial charge in [0.1, 0.15) is 11.4 Å². The number of nitrogens with two attached hydrogens (primary N) is 1. The second-order valence-corrected chi connectivity index (χ2v) is 5.00. The van der Waals surface area contributed by atoms with E-state index in [0.717, 1.165) is 5.56 Å². The van der Waals surface area contributed by atoms with E-state index in [1.54, 1.807) is 39.0 Å². The number of benzene rings is 1. The van der Waals surface area contributed by atoms with Crippen molar-refractivity contribution in [2.24, 2.45) is 5.73 Å². The van der Waals surface area contributed by atoms with Crippen LogP contribution in [0.15, 0.2) is 24.3 Å². The van der Waals surface area contributed by atoms with Gasteiger partial charge < -0.3 is 10.5 Å². The lowest BCUT2D eigenvalue weighted by Gasteiger charge is -2.19. The van der Waals surface area contributed by atoms with Crippen molar-refractivity contribution >= 4 is 17.9 Å². The normalized spacial score (nSPS) is 11.6. The molecule has 0 bridgehead atoms. The molecule has 0 atom stereocenters. The maximum atomic E-state index is 13.6. The van der Waals surface area contributed by atoms with Crippen LogP contribution in [0.3, 0.4) is 0 Å². The Morgan fingerprint density at radius 1 is 1.47 bits per heavy atom. The van der Waals surface area contributed by atoms with Crippen LogP contribution >= 0.6 is 0 Å². The number of amides is 1. The molecule has 0 unspecified atom stereocenters. The third-order valence-electron chi connectivity index (χ3n) is 2.07. The topological polar surface area (TPSA) is 64.3 Å². The first-order chi connectivity index (χ1) is 8.81. The molecule has 0 aromatic heterocycles. The lowest BCUT2D eigenvalue weighted by atomic mass is 10.2. The number of carbonyl (C=O) groups excluding carboxylic acids is 1. The van der Waals surface area contributed by atoms with Crippen molar-refractivity contribution in [3.05, 3.63) is 35.7 Å². The molecule has 1 aromatic carbocycles. The molecule has 0 aliphatic rings. The summed E-state index contributed by atoms with van der Waals surface area (Å²) in [5, 5.41) is 2.38. The van der Waals surface area contributed by atoms with E-state index in [9.17, 15) is 9.18 Å². The van der Waals surface area contributed by atoms with Crippen molar-refractivity contribution in [3.63, 3.8) is 0 Å². The number of hydrogen-bond donors (Lipinski definition) is 2. The summed E-state index contributed by atoms with van der Waals surface area (Å²) in [5.41, 5.74) is 5.54. The van der Waals surface area contributed by atoms with Crippen molar-refractivity contribution in [3.8, 4) is 0 Å². The highest BCUT2D eigenvalue weighted by atomic mass is 19.1. The molecule has 0 fully saturated rings. The van der Waals surface area contributed by atoms with Gasteiger partial charge in [0.05, 0.1) is 5.69 Å². The van der Waals surface area contributed by atoms with Gasteiger partial charge in [-0.1, -0.05) is 18.2 Å². The van der Waals surface area contributed by atoms with E-state index in [4.69, 9.17) is 10.5 Å². The van der Waals surface area contributed by atoms with Crippen LogP contribution in [0.4, 0.5) is 14.9 Å². The zero-order chi connectivity index (χ0) is 14.5. The molecular formula is C14H19FN2O2.